The number of amides is 2. The molecule has 0 aliphatic carbocycles. The molecule has 4 aromatic carbocycles. The van der Waals surface area contributed by atoms with Crippen molar-refractivity contribution in [2.24, 2.45) is 22.3 Å². The highest BCUT2D eigenvalue weighted by atomic mass is 35.5. The van der Waals surface area contributed by atoms with Crippen molar-refractivity contribution < 1.29 is 19.1 Å². The van der Waals surface area contributed by atoms with Crippen LogP contribution in [0.15, 0.2) is 65.8 Å². The number of hydrogen-bond donors (Lipinski definition) is 6. The second-order valence-electron chi connectivity index (χ2n) is 11.8. The van der Waals surface area contributed by atoms with Crippen molar-refractivity contribution in [2.75, 3.05) is 21.3 Å². The van der Waals surface area contributed by atoms with Gasteiger partial charge in [0.25, 0.3) is 11.8 Å². The summed E-state index contributed by atoms with van der Waals surface area (Å²) < 4.78 is 15.2. The molecule has 2 amide bonds. The minimum Gasteiger partial charge on any atom is -0.494 e. The van der Waals surface area contributed by atoms with Crippen LogP contribution in [0.3, 0.4) is 0 Å². The van der Waals surface area contributed by atoms with E-state index in [2.05, 4.69) is 36.7 Å². The Balaban J connectivity index is 1.50. The number of fused-ring (bicyclic) bond motifs is 2. The third-order valence-corrected chi connectivity index (χ3v) is 9.49. The van der Waals surface area contributed by atoms with Crippen molar-refractivity contribution in [3.63, 3.8) is 0 Å². The number of ether oxygens (including phenoxy) is 2. The molecule has 55 heavy (non-hydrogen) atoms. The molecule has 0 saturated carbocycles. The van der Waals surface area contributed by atoms with E-state index in [0.717, 1.165) is 0 Å². The number of carbonyl (C=O) groups is 2. The highest BCUT2D eigenvalue weighted by Crippen LogP contribution is 2.41. The predicted molar refractivity (Wildman–Crippen MR) is 207 cm³/mol. The van der Waals surface area contributed by atoms with E-state index < -0.39 is 11.8 Å². The molecule has 7 aromatic rings. The second-order valence-corrected chi connectivity index (χ2v) is 12.7. The molecule has 280 valence electrons. The largest absolute Gasteiger partial charge is 0.494 e. The summed E-state index contributed by atoms with van der Waals surface area (Å²) in [5, 5.41) is 19.5. The van der Waals surface area contributed by atoms with E-state index in [-0.39, 0.29) is 47.4 Å². The first-order valence-corrected chi connectivity index (χ1v) is 17.2. The molecule has 0 radical (unpaired) electrons. The maximum atomic E-state index is 12.5. The van der Waals surface area contributed by atoms with Gasteiger partial charge in [0, 0.05) is 42.4 Å². The Labute approximate surface area is 321 Å². The Morgan fingerprint density at radius 3 is 1.84 bits per heavy atom. The average Bonchev–Trinajstić information content (AvgIpc) is 3.93. The predicted octanol–water partition coefficient (Wildman–Crippen LogP) is 3.47. The maximum Gasteiger partial charge on any atom is 0.252 e. The molecule has 0 aliphatic rings. The van der Waals surface area contributed by atoms with Gasteiger partial charge < -0.3 is 35.8 Å². The monoisotopic (exact) mass is 782 g/mol. The quantitative estimate of drug-likeness (QED) is 0.0559. The molecule has 20 heteroatoms. The molecule has 0 atom stereocenters. The summed E-state index contributed by atoms with van der Waals surface area (Å²) in [5.41, 5.74) is 27.4. The van der Waals surface area contributed by atoms with Gasteiger partial charge >= 0.3 is 0 Å². The summed E-state index contributed by atoms with van der Waals surface area (Å²) in [6.45, 7) is 0.423. The lowest BCUT2D eigenvalue weighted by molar-refractivity contribution is 0.0989. The lowest BCUT2D eigenvalue weighted by atomic mass is 10.1. The van der Waals surface area contributed by atoms with Gasteiger partial charge in [-0.3, -0.25) is 9.59 Å². The Hall–Kier alpha value is -6.76. The summed E-state index contributed by atoms with van der Waals surface area (Å²) >= 11 is 13.9. The zero-order valence-corrected chi connectivity index (χ0v) is 30.9. The lowest BCUT2D eigenvalue weighted by Crippen LogP contribution is -2.27. The normalized spacial score (nSPS) is 11.7. The van der Waals surface area contributed by atoms with Crippen molar-refractivity contribution in [3.8, 4) is 45.7 Å². The molecule has 0 fully saturated rings. The minimum atomic E-state index is -0.696. The Morgan fingerprint density at radius 2 is 1.33 bits per heavy atom. The minimum absolute atomic E-state index is 0.114. The van der Waals surface area contributed by atoms with Gasteiger partial charge in [-0.15, -0.1) is 15.3 Å². The van der Waals surface area contributed by atoms with Gasteiger partial charge in [-0.2, -0.15) is 5.21 Å². The van der Waals surface area contributed by atoms with Crippen molar-refractivity contribution in [1.82, 2.24) is 50.7 Å². The van der Waals surface area contributed by atoms with Crippen LogP contribution in [0.1, 0.15) is 26.3 Å². The van der Waals surface area contributed by atoms with Gasteiger partial charge in [0.05, 0.1) is 46.4 Å². The Bertz CT molecular complexity index is 2650. The number of hydrogen-bond acceptors (Lipinski definition) is 12. The van der Waals surface area contributed by atoms with Gasteiger partial charge in [-0.05, 0) is 41.6 Å². The van der Waals surface area contributed by atoms with E-state index >= 15 is 0 Å². The number of hydrazine groups is 1. The number of tetrazole rings is 1. The fourth-order valence-corrected chi connectivity index (χ4v) is 7.04. The molecule has 0 aliphatic heterocycles. The molecule has 0 unspecified atom stereocenters. The number of H-pyrrole nitrogens is 1. The van der Waals surface area contributed by atoms with Gasteiger partial charge in [0.15, 0.2) is 17.3 Å². The van der Waals surface area contributed by atoms with Crippen LogP contribution in [-0.2, 0) is 13.1 Å². The Morgan fingerprint density at radius 1 is 0.782 bits per heavy atom. The van der Waals surface area contributed by atoms with Crippen LogP contribution in [-0.4, -0.2) is 78.6 Å². The number of hydrazone groups is 1. The van der Waals surface area contributed by atoms with Gasteiger partial charge in [-0.1, -0.05) is 47.5 Å². The van der Waals surface area contributed by atoms with Crippen molar-refractivity contribution >= 4 is 62.9 Å². The summed E-state index contributed by atoms with van der Waals surface area (Å²) in [6, 6.07) is 17.1. The van der Waals surface area contributed by atoms with E-state index in [9.17, 15) is 9.59 Å². The molecule has 0 spiro atoms. The first-order valence-electron chi connectivity index (χ1n) is 16.4. The number of aryl methyl sites for hydroxylation is 2. The maximum absolute atomic E-state index is 12.5. The summed E-state index contributed by atoms with van der Waals surface area (Å²) in [6.07, 6.45) is 0. The number of benzene rings is 4. The highest BCUT2D eigenvalue weighted by molar-refractivity contribution is 6.34. The topological polar surface area (TPSA) is 257 Å². The van der Waals surface area contributed by atoms with E-state index in [1.807, 2.05) is 9.13 Å². The molecule has 18 nitrogen and oxygen atoms in total. The summed E-state index contributed by atoms with van der Waals surface area (Å²) in [4.78, 5) is 35.0. The van der Waals surface area contributed by atoms with Crippen molar-refractivity contribution in [2.45, 2.75) is 13.1 Å². The molecule has 7 rings (SSSR count). The molecule has 0 bridgehead atoms. The standard InChI is InChI=1S/C35H32Cl2N14O4/c1-41-47-44-30(38)16-6-4-8-20(36)24(16)34-42-26-22(12-10-18(31(39)52)28(26)54-2)50(34)14-15-51-23-13-11-19(32(40)53)29(55-3)27(23)43-35(51)25-17(7-5-9-21(25)37)33-45-48-49-46-33/h4-13,41,47H,14-15H2,1-3H3,(H2,38,44)(H2,39,52)(H2,40,53)(H,45,46,48,49). The molecular weight excluding hydrogens is 751 g/mol. The first kappa shape index (κ1) is 36.6. The van der Waals surface area contributed by atoms with Crippen molar-refractivity contribution in [3.05, 3.63) is 87.4 Å². The van der Waals surface area contributed by atoms with Crippen LogP contribution in [0.25, 0.3) is 56.2 Å². The number of methoxy groups -OCH3 is 2. The number of amidine groups is 1. The third-order valence-electron chi connectivity index (χ3n) is 8.86. The summed E-state index contributed by atoms with van der Waals surface area (Å²) in [7, 11) is 4.50. The number of halogens is 2. The van der Waals surface area contributed by atoms with Crippen LogP contribution in [0.4, 0.5) is 0 Å². The number of nitrogens with two attached hydrogens (primary N) is 3. The molecule has 9 N–H and O–H groups in total. The molecule has 0 saturated heterocycles. The number of primary amides is 2. The molecular formula is C35H32Cl2N14O4. The smallest absolute Gasteiger partial charge is 0.252 e. The van der Waals surface area contributed by atoms with Crippen LogP contribution < -0.4 is 37.6 Å². The summed E-state index contributed by atoms with van der Waals surface area (Å²) in [5.74, 6) is 0.135. The number of nitrogens with one attached hydrogen (secondary N) is 3. The van der Waals surface area contributed by atoms with Crippen LogP contribution in [0.2, 0.25) is 10.0 Å². The second kappa shape index (κ2) is 14.9. The van der Waals surface area contributed by atoms with Gasteiger partial charge in [0.2, 0.25) is 5.82 Å². The zero-order chi connectivity index (χ0) is 39.0. The zero-order valence-electron chi connectivity index (χ0n) is 29.4. The van der Waals surface area contributed by atoms with E-state index in [4.69, 9.17) is 59.8 Å². The van der Waals surface area contributed by atoms with E-state index in [1.165, 1.54) is 14.2 Å². The number of aromatic nitrogens is 8. The lowest BCUT2D eigenvalue weighted by Gasteiger charge is -2.17. The van der Waals surface area contributed by atoms with Crippen molar-refractivity contribution in [1.29, 1.82) is 0 Å². The average molecular weight is 784 g/mol. The SMILES string of the molecule is CNN/N=C(\N)c1cccc(Cl)c1-c1nc2c(OC)c(C(N)=O)ccc2n1CCn1c(-c2c(Cl)cccc2-c2nn[nH]n2)nc2c(OC)c(C(N)=O)ccc21. The number of carbonyl (C=O) groups excluding carboxylic acids is 2. The number of nitrogens with zero attached hydrogens (tertiary/aromatic N) is 8. The van der Waals surface area contributed by atoms with E-state index in [1.54, 1.807) is 67.7 Å². The number of rotatable bonds is 13. The van der Waals surface area contributed by atoms with Gasteiger partial charge in [-0.25, -0.2) is 20.9 Å². The van der Waals surface area contributed by atoms with Crippen LogP contribution in [0.5, 0.6) is 11.5 Å². The number of imidazole rings is 2. The fraction of sp³-hybridized carbons (Fsp3) is 0.143. The van der Waals surface area contributed by atoms with Crippen LogP contribution >= 0.6 is 23.2 Å². The third kappa shape index (κ3) is 6.37. The molecule has 3 aromatic heterocycles. The highest BCUT2D eigenvalue weighted by Gasteiger charge is 2.27. The number of aromatic amines is 1. The Kier molecular flexibility index (Phi) is 9.94. The van der Waals surface area contributed by atoms with Crippen LogP contribution in [0, 0.1) is 0 Å². The van der Waals surface area contributed by atoms with Gasteiger partial charge in [0.1, 0.15) is 22.7 Å². The fourth-order valence-electron chi connectivity index (χ4n) is 6.52. The van der Waals surface area contributed by atoms with E-state index in [0.29, 0.717) is 66.0 Å². The first-order chi connectivity index (χ1) is 26.6. The molecule has 3 heterocycles.